The van der Waals surface area contributed by atoms with E-state index in [0.29, 0.717) is 10.8 Å². The summed E-state index contributed by atoms with van der Waals surface area (Å²) < 4.78 is 0. The van der Waals surface area contributed by atoms with Crippen LogP contribution in [0, 0.1) is 16.6 Å². The molecule has 3 fully saturated rings. The van der Waals surface area contributed by atoms with E-state index in [9.17, 15) is 0 Å². The Morgan fingerprint density at radius 3 is 2.75 bits per heavy atom. The molecule has 0 aromatic rings. The van der Waals surface area contributed by atoms with Crippen LogP contribution < -0.4 is 0 Å². The monoisotopic (exact) mass is 348 g/mol. The minimum atomic E-state index is 0.525. The van der Waals surface area contributed by atoms with Gasteiger partial charge in [-0.1, -0.05) is 51.9 Å². The van der Waals surface area contributed by atoms with Gasteiger partial charge in [-0.15, -0.1) is 0 Å². The van der Waals surface area contributed by atoms with E-state index in [1.165, 1.54) is 96.4 Å². The molecule has 2 aliphatic heterocycles. The first-order chi connectivity index (χ1) is 11.8. The predicted octanol–water partition coefficient (Wildman–Crippen LogP) is 6.12. The zero-order valence-electron chi connectivity index (χ0n) is 15.6. The second-order valence-corrected chi connectivity index (χ2v) is 9.59. The molecule has 3 aliphatic rings. The first kappa shape index (κ1) is 18.6. The third-order valence-electron chi connectivity index (χ3n) is 7.19. The van der Waals surface area contributed by atoms with Crippen molar-refractivity contribution in [3.8, 4) is 5.40 Å². The molecule has 0 aromatic heterocycles. The van der Waals surface area contributed by atoms with Crippen LogP contribution in [0.15, 0.2) is 0 Å². The van der Waals surface area contributed by atoms with Gasteiger partial charge in [-0.3, -0.25) is 4.90 Å². The Morgan fingerprint density at radius 1 is 1.04 bits per heavy atom. The van der Waals surface area contributed by atoms with Crippen LogP contribution in [0.5, 0.6) is 0 Å². The highest BCUT2D eigenvalue weighted by Crippen LogP contribution is 2.52. The zero-order chi connectivity index (χ0) is 16.8. The third-order valence-corrected chi connectivity index (χ3v) is 8.02. The topological polar surface area (TPSA) is 27.0 Å². The van der Waals surface area contributed by atoms with Crippen molar-refractivity contribution in [2.45, 2.75) is 114 Å². The van der Waals surface area contributed by atoms with Crippen molar-refractivity contribution in [1.29, 1.82) is 5.26 Å². The lowest BCUT2D eigenvalue weighted by atomic mass is 9.62. The summed E-state index contributed by atoms with van der Waals surface area (Å²) in [5.74, 6) is 0.954. The van der Waals surface area contributed by atoms with Crippen LogP contribution in [0.25, 0.3) is 0 Å². The van der Waals surface area contributed by atoms with Crippen LogP contribution >= 0.6 is 11.8 Å². The van der Waals surface area contributed by atoms with Crippen LogP contribution in [0.2, 0.25) is 0 Å². The molecule has 2 saturated heterocycles. The highest BCUT2D eigenvalue weighted by atomic mass is 32.2. The van der Waals surface area contributed by atoms with E-state index in [1.807, 2.05) is 0 Å². The van der Waals surface area contributed by atoms with Crippen molar-refractivity contribution in [2.75, 3.05) is 6.54 Å². The van der Waals surface area contributed by atoms with Crippen LogP contribution in [-0.2, 0) is 0 Å². The van der Waals surface area contributed by atoms with Gasteiger partial charge in [0.15, 0.2) is 0 Å². The van der Waals surface area contributed by atoms with Gasteiger partial charge in [0.05, 0.1) is 0 Å². The molecule has 0 bridgehead atoms. The molecule has 4 atom stereocenters. The van der Waals surface area contributed by atoms with Crippen LogP contribution in [0.1, 0.15) is 96.8 Å². The molecule has 0 N–H and O–H groups in total. The number of thioether (sulfide) groups is 1. The van der Waals surface area contributed by atoms with Gasteiger partial charge < -0.3 is 0 Å². The van der Waals surface area contributed by atoms with Gasteiger partial charge in [-0.2, -0.15) is 5.26 Å². The van der Waals surface area contributed by atoms with E-state index >= 15 is 0 Å². The van der Waals surface area contributed by atoms with Gasteiger partial charge in [0.2, 0.25) is 0 Å². The highest BCUT2D eigenvalue weighted by Gasteiger charge is 2.52. The lowest BCUT2D eigenvalue weighted by Crippen LogP contribution is -2.65. The third kappa shape index (κ3) is 3.96. The summed E-state index contributed by atoms with van der Waals surface area (Å²) in [6.07, 6.45) is 19.7. The fraction of sp³-hybridized carbons (Fsp3) is 0.952. The molecule has 0 radical (unpaired) electrons. The van der Waals surface area contributed by atoms with Crippen molar-refractivity contribution in [2.24, 2.45) is 5.92 Å². The van der Waals surface area contributed by atoms with E-state index in [2.05, 4.69) is 17.2 Å². The maximum absolute atomic E-state index is 9.13. The van der Waals surface area contributed by atoms with Crippen molar-refractivity contribution in [1.82, 2.24) is 4.90 Å². The van der Waals surface area contributed by atoms with Crippen molar-refractivity contribution >= 4 is 11.8 Å². The Hall–Kier alpha value is -0.200. The number of rotatable bonds is 7. The largest absolute Gasteiger partial charge is 0.293 e. The summed E-state index contributed by atoms with van der Waals surface area (Å²) >= 11 is 1.54. The molecule has 136 valence electrons. The SMILES string of the molecule is CCCCCCC[C@@H]1CC[C@H]2CCCC[C@@]23CC[C@H](SC#N)CN13. The van der Waals surface area contributed by atoms with E-state index < -0.39 is 0 Å². The Kier molecular flexibility index (Phi) is 6.93. The average Bonchev–Trinajstić information content (AvgIpc) is 2.61. The van der Waals surface area contributed by atoms with Gasteiger partial charge in [0, 0.05) is 23.4 Å². The molecule has 1 saturated carbocycles. The van der Waals surface area contributed by atoms with E-state index in [0.717, 1.165) is 12.0 Å². The summed E-state index contributed by atoms with van der Waals surface area (Å²) in [6.45, 7) is 3.49. The van der Waals surface area contributed by atoms with Crippen molar-refractivity contribution in [3.63, 3.8) is 0 Å². The first-order valence-corrected chi connectivity index (χ1v) is 11.5. The maximum Gasteiger partial charge on any atom is 0.133 e. The predicted molar refractivity (Wildman–Crippen MR) is 104 cm³/mol. The maximum atomic E-state index is 9.13. The number of unbranched alkanes of at least 4 members (excludes halogenated alkanes) is 4. The van der Waals surface area contributed by atoms with E-state index in [-0.39, 0.29) is 0 Å². The summed E-state index contributed by atoms with van der Waals surface area (Å²) in [4.78, 5) is 2.96. The van der Waals surface area contributed by atoms with Gasteiger partial charge in [0.1, 0.15) is 5.40 Å². The van der Waals surface area contributed by atoms with Gasteiger partial charge >= 0.3 is 0 Å². The zero-order valence-corrected chi connectivity index (χ0v) is 16.5. The van der Waals surface area contributed by atoms with Crippen molar-refractivity contribution in [3.05, 3.63) is 0 Å². The van der Waals surface area contributed by atoms with E-state index in [1.54, 1.807) is 11.8 Å². The number of nitrogens with zero attached hydrogens (tertiary/aromatic N) is 2. The molecule has 0 amide bonds. The standard InChI is InChI=1S/C21H36N2S/c1-2-3-4-5-6-10-19-12-11-18-9-7-8-14-21(18)15-13-20(24-17-22)16-23(19)21/h18-20H,2-16H2,1H3/t18-,19-,20+,21-/m1/s1. The molecule has 24 heavy (non-hydrogen) atoms. The molecule has 3 heteroatoms. The summed E-state index contributed by atoms with van der Waals surface area (Å²) in [6, 6.07) is 0.808. The quantitative estimate of drug-likeness (QED) is 0.410. The average molecular weight is 349 g/mol. The van der Waals surface area contributed by atoms with E-state index in [4.69, 9.17) is 5.26 Å². The Labute approximate surface area is 153 Å². The van der Waals surface area contributed by atoms with Gasteiger partial charge in [-0.05, 0) is 62.6 Å². The lowest BCUT2D eigenvalue weighted by molar-refractivity contribution is -0.0926. The Balaban J connectivity index is 1.64. The second kappa shape index (κ2) is 8.95. The molecule has 2 nitrogen and oxygen atoms in total. The molecular weight excluding hydrogens is 312 g/mol. The molecule has 2 heterocycles. The number of thiocyanates is 1. The minimum absolute atomic E-state index is 0.525. The number of hydrogen-bond donors (Lipinski definition) is 0. The highest BCUT2D eigenvalue weighted by molar-refractivity contribution is 8.04. The molecule has 1 spiro atoms. The Bertz CT molecular complexity index is 432. The molecule has 1 aliphatic carbocycles. The summed E-state index contributed by atoms with van der Waals surface area (Å²) in [5, 5.41) is 12.1. The Morgan fingerprint density at radius 2 is 1.92 bits per heavy atom. The second-order valence-electron chi connectivity index (χ2n) is 8.50. The minimum Gasteiger partial charge on any atom is -0.293 e. The number of hydrogen-bond acceptors (Lipinski definition) is 3. The molecule has 3 rings (SSSR count). The van der Waals surface area contributed by atoms with Crippen LogP contribution in [-0.4, -0.2) is 28.3 Å². The normalized spacial score (nSPS) is 36.6. The summed E-state index contributed by atoms with van der Waals surface area (Å²) in [5.41, 5.74) is 0.525. The summed E-state index contributed by atoms with van der Waals surface area (Å²) in [7, 11) is 0. The van der Waals surface area contributed by atoms with Crippen LogP contribution in [0.3, 0.4) is 0 Å². The van der Waals surface area contributed by atoms with Crippen molar-refractivity contribution < 1.29 is 0 Å². The molecule has 0 unspecified atom stereocenters. The fourth-order valence-corrected chi connectivity index (χ4v) is 6.60. The lowest BCUT2D eigenvalue weighted by Gasteiger charge is -2.61. The van der Waals surface area contributed by atoms with Gasteiger partial charge in [0.25, 0.3) is 0 Å². The smallest absolute Gasteiger partial charge is 0.133 e. The van der Waals surface area contributed by atoms with Crippen LogP contribution in [0.4, 0.5) is 0 Å². The van der Waals surface area contributed by atoms with Gasteiger partial charge in [-0.25, -0.2) is 0 Å². The fourth-order valence-electron chi connectivity index (χ4n) is 5.98. The number of piperidine rings is 2. The molecule has 0 aromatic carbocycles. The number of nitriles is 1. The first-order valence-electron chi connectivity index (χ1n) is 10.6. The molecular formula is C21H36N2S.